The highest BCUT2D eigenvalue weighted by Crippen LogP contribution is 2.52. The van der Waals surface area contributed by atoms with Gasteiger partial charge in [-0.15, -0.1) is 0 Å². The Balaban J connectivity index is 1.26. The van der Waals surface area contributed by atoms with Crippen molar-refractivity contribution in [3.05, 3.63) is 47.4 Å². The summed E-state index contributed by atoms with van der Waals surface area (Å²) in [5.41, 5.74) is 3.32. The molecular weight excluding hydrogens is 396 g/mol. The van der Waals surface area contributed by atoms with Gasteiger partial charge in [-0.2, -0.15) is 0 Å². The van der Waals surface area contributed by atoms with Gasteiger partial charge in [0, 0.05) is 12.6 Å². The van der Waals surface area contributed by atoms with E-state index in [1.165, 1.54) is 18.2 Å². The van der Waals surface area contributed by atoms with Crippen molar-refractivity contribution < 1.29 is 13.6 Å². The number of amides is 1. The van der Waals surface area contributed by atoms with E-state index in [1.54, 1.807) is 0 Å². The van der Waals surface area contributed by atoms with Gasteiger partial charge in [0.2, 0.25) is 0 Å². The van der Waals surface area contributed by atoms with Gasteiger partial charge < -0.3 is 13.7 Å². The van der Waals surface area contributed by atoms with Crippen LogP contribution in [-0.4, -0.2) is 28.4 Å². The van der Waals surface area contributed by atoms with Crippen LogP contribution in [-0.2, 0) is 5.75 Å². The molecule has 3 heterocycles. The molecule has 158 valence electrons. The van der Waals surface area contributed by atoms with Crippen LogP contribution in [0.25, 0.3) is 11.1 Å². The number of aryl methyl sites for hydroxylation is 1. The second kappa shape index (κ2) is 6.91. The molecule has 5 nitrogen and oxygen atoms in total. The van der Waals surface area contributed by atoms with Crippen LogP contribution in [0.2, 0.25) is 0 Å². The number of furan rings is 1. The van der Waals surface area contributed by atoms with Gasteiger partial charge >= 0.3 is 0 Å². The van der Waals surface area contributed by atoms with E-state index < -0.39 is 0 Å². The van der Waals surface area contributed by atoms with Crippen LogP contribution in [0, 0.1) is 17.8 Å². The lowest BCUT2D eigenvalue weighted by Crippen LogP contribution is -2.37. The van der Waals surface area contributed by atoms with Gasteiger partial charge in [-0.1, -0.05) is 38.6 Å². The van der Waals surface area contributed by atoms with E-state index in [1.807, 2.05) is 42.2 Å². The number of fused-ring (bicyclic) bond motifs is 3. The lowest BCUT2D eigenvalue weighted by atomic mass is 9.65. The van der Waals surface area contributed by atoms with Crippen LogP contribution in [0.5, 0.6) is 0 Å². The number of hydrogen-bond acceptors (Lipinski definition) is 5. The highest BCUT2D eigenvalue weighted by atomic mass is 32.2. The van der Waals surface area contributed by atoms with E-state index >= 15 is 0 Å². The number of likely N-dealkylation sites (tertiary alicyclic amines) is 1. The molecule has 5 rings (SSSR count). The Kier molecular flexibility index (Phi) is 4.54. The topological polar surface area (TPSA) is 59.5 Å². The maximum atomic E-state index is 13.2. The first-order valence-electron chi connectivity index (χ1n) is 10.6. The molecular formula is C24H28N2O3S. The van der Waals surface area contributed by atoms with Crippen molar-refractivity contribution in [2.75, 3.05) is 6.54 Å². The zero-order valence-electron chi connectivity index (χ0n) is 18.0. The molecule has 6 heteroatoms. The lowest BCUT2D eigenvalue weighted by Gasteiger charge is -2.39. The first-order valence-corrected chi connectivity index (χ1v) is 11.6. The molecule has 1 saturated heterocycles. The third-order valence-corrected chi connectivity index (χ3v) is 7.26. The first kappa shape index (κ1) is 19.7. The Morgan fingerprint density at radius 3 is 2.87 bits per heavy atom. The minimum atomic E-state index is 0.0232. The number of aromatic nitrogens is 1. The smallest absolute Gasteiger partial charge is 0.289 e. The maximum absolute atomic E-state index is 13.2. The van der Waals surface area contributed by atoms with Crippen molar-refractivity contribution in [2.24, 2.45) is 10.8 Å². The van der Waals surface area contributed by atoms with Crippen molar-refractivity contribution in [3.8, 4) is 0 Å². The summed E-state index contributed by atoms with van der Waals surface area (Å²) >= 11 is 1.48. The molecule has 30 heavy (non-hydrogen) atoms. The number of nitrogens with zero attached hydrogens (tertiary/aromatic N) is 2. The van der Waals surface area contributed by atoms with Crippen LogP contribution in [0.4, 0.5) is 0 Å². The zero-order valence-corrected chi connectivity index (χ0v) is 18.8. The van der Waals surface area contributed by atoms with E-state index in [9.17, 15) is 4.79 Å². The Bertz CT molecular complexity index is 1110. The summed E-state index contributed by atoms with van der Waals surface area (Å²) in [6.07, 6.45) is 3.34. The molecule has 1 saturated carbocycles. The molecule has 1 amide bonds. The predicted molar refractivity (Wildman–Crippen MR) is 118 cm³/mol. The van der Waals surface area contributed by atoms with E-state index in [2.05, 4.69) is 25.8 Å². The van der Waals surface area contributed by atoms with Gasteiger partial charge in [-0.3, -0.25) is 4.79 Å². The lowest BCUT2D eigenvalue weighted by molar-refractivity contribution is 0.0675. The van der Waals surface area contributed by atoms with Gasteiger partial charge in [0.05, 0.1) is 5.75 Å². The van der Waals surface area contributed by atoms with Gasteiger partial charge in [0.1, 0.15) is 11.3 Å². The molecule has 0 unspecified atom stereocenters. The van der Waals surface area contributed by atoms with E-state index in [0.717, 1.165) is 41.8 Å². The van der Waals surface area contributed by atoms with Crippen molar-refractivity contribution in [3.63, 3.8) is 0 Å². The Morgan fingerprint density at radius 2 is 2.03 bits per heavy atom. The van der Waals surface area contributed by atoms with Crippen LogP contribution < -0.4 is 0 Å². The molecule has 2 aliphatic rings. The van der Waals surface area contributed by atoms with Crippen molar-refractivity contribution in [1.29, 1.82) is 0 Å². The summed E-state index contributed by atoms with van der Waals surface area (Å²) in [5, 5.41) is 0.614. The largest absolute Gasteiger partial charge is 0.455 e. The zero-order chi connectivity index (χ0) is 21.1. The number of thioether (sulfide) groups is 1. The summed E-state index contributed by atoms with van der Waals surface area (Å²) in [6, 6.07) is 9.99. The van der Waals surface area contributed by atoms with Crippen LogP contribution >= 0.6 is 11.8 Å². The standard InChI is InChI=1S/C24H28N2O3S/c1-15-5-7-19-18(9-15)25-22(29-19)30-12-17-6-8-20(28-17)21(27)26-14-24(4)11-16(26)10-23(2,3)13-24/h5-9,16H,10-14H2,1-4H3/t16-,24-/m1/s1. The second-order valence-electron chi connectivity index (χ2n) is 10.2. The maximum Gasteiger partial charge on any atom is 0.289 e. The minimum absolute atomic E-state index is 0.0232. The fraction of sp³-hybridized carbons (Fsp3) is 0.500. The fourth-order valence-electron chi connectivity index (χ4n) is 5.62. The van der Waals surface area contributed by atoms with Crippen LogP contribution in [0.1, 0.15) is 61.9 Å². The van der Waals surface area contributed by atoms with Crippen LogP contribution in [0.15, 0.2) is 44.4 Å². The molecule has 1 aliphatic carbocycles. The normalized spacial score (nSPS) is 25.2. The van der Waals surface area contributed by atoms with Crippen LogP contribution in [0.3, 0.4) is 0 Å². The minimum Gasteiger partial charge on any atom is -0.455 e. The van der Waals surface area contributed by atoms with Crippen molar-refractivity contribution in [1.82, 2.24) is 9.88 Å². The molecule has 1 aliphatic heterocycles. The summed E-state index contributed by atoms with van der Waals surface area (Å²) in [6.45, 7) is 9.83. The second-order valence-corrected chi connectivity index (χ2v) is 11.1. The summed E-state index contributed by atoms with van der Waals surface area (Å²) < 4.78 is 11.7. The number of benzene rings is 1. The summed E-state index contributed by atoms with van der Waals surface area (Å²) in [7, 11) is 0. The van der Waals surface area contributed by atoms with Gasteiger partial charge in [-0.25, -0.2) is 4.98 Å². The Hall–Kier alpha value is -2.21. The number of rotatable bonds is 4. The van der Waals surface area contributed by atoms with Gasteiger partial charge in [-0.05, 0) is 66.8 Å². The molecule has 3 aromatic rings. The Morgan fingerprint density at radius 1 is 1.20 bits per heavy atom. The van der Waals surface area contributed by atoms with Crippen molar-refractivity contribution >= 4 is 28.8 Å². The summed E-state index contributed by atoms with van der Waals surface area (Å²) in [5.74, 6) is 1.80. The van der Waals surface area contributed by atoms with Gasteiger partial charge in [0.25, 0.3) is 11.1 Å². The van der Waals surface area contributed by atoms with E-state index in [4.69, 9.17) is 8.83 Å². The Labute approximate surface area is 181 Å². The fourth-order valence-corrected chi connectivity index (χ4v) is 6.35. The summed E-state index contributed by atoms with van der Waals surface area (Å²) in [4.78, 5) is 19.8. The van der Waals surface area contributed by atoms with E-state index in [-0.39, 0.29) is 16.7 Å². The quantitative estimate of drug-likeness (QED) is 0.476. The number of hydrogen-bond donors (Lipinski definition) is 0. The molecule has 2 atom stereocenters. The molecule has 0 spiro atoms. The third-order valence-electron chi connectivity index (χ3n) is 6.41. The number of carbonyl (C=O) groups excluding carboxylic acids is 1. The molecule has 0 radical (unpaired) electrons. The third kappa shape index (κ3) is 3.66. The average molecular weight is 425 g/mol. The molecule has 2 bridgehead atoms. The molecule has 2 aromatic heterocycles. The number of oxazole rings is 1. The SMILES string of the molecule is Cc1ccc2oc(SCc3ccc(C(=O)N4C[C@]5(C)C[C@H]4CC(C)(C)C5)o3)nc2c1. The molecule has 1 aromatic carbocycles. The van der Waals surface area contributed by atoms with Gasteiger partial charge in [0.15, 0.2) is 11.3 Å². The highest BCUT2D eigenvalue weighted by Gasteiger charge is 2.51. The molecule has 2 fully saturated rings. The first-order chi connectivity index (χ1) is 14.2. The van der Waals surface area contributed by atoms with Crippen molar-refractivity contribution in [2.45, 2.75) is 64.0 Å². The monoisotopic (exact) mass is 424 g/mol. The highest BCUT2D eigenvalue weighted by molar-refractivity contribution is 7.98. The predicted octanol–water partition coefficient (Wildman–Crippen LogP) is 6.06. The van der Waals surface area contributed by atoms with E-state index in [0.29, 0.717) is 22.8 Å². The molecule has 0 N–H and O–H groups in total. The number of carbonyl (C=O) groups is 1. The average Bonchev–Trinajstić information content (AvgIpc) is 3.33.